The lowest BCUT2D eigenvalue weighted by Crippen LogP contribution is -2.43. The van der Waals surface area contributed by atoms with E-state index >= 15 is 0 Å². The van der Waals surface area contributed by atoms with Gasteiger partial charge in [-0.2, -0.15) is 0 Å². The van der Waals surface area contributed by atoms with Gasteiger partial charge in [-0.15, -0.1) is 0 Å². The van der Waals surface area contributed by atoms with Crippen molar-refractivity contribution in [1.82, 2.24) is 10.6 Å². The van der Waals surface area contributed by atoms with Crippen LogP contribution in [0.2, 0.25) is 0 Å². The fourth-order valence-corrected chi connectivity index (χ4v) is 2.10. The SMILES string of the molecule is CC(C)NC(=O)C(=O)NCCC1CCCC1. The fourth-order valence-electron chi connectivity index (χ4n) is 2.10. The molecular formula is C12H22N2O2. The van der Waals surface area contributed by atoms with Gasteiger partial charge in [-0.05, 0) is 26.2 Å². The summed E-state index contributed by atoms with van der Waals surface area (Å²) in [4.78, 5) is 22.6. The molecule has 1 aliphatic rings. The predicted molar refractivity (Wildman–Crippen MR) is 62.9 cm³/mol. The summed E-state index contributed by atoms with van der Waals surface area (Å²) < 4.78 is 0. The molecule has 0 aromatic carbocycles. The highest BCUT2D eigenvalue weighted by Gasteiger charge is 2.17. The highest BCUT2D eigenvalue weighted by molar-refractivity contribution is 6.35. The van der Waals surface area contributed by atoms with Gasteiger partial charge in [-0.3, -0.25) is 9.59 Å². The highest BCUT2D eigenvalue weighted by atomic mass is 16.2. The van der Waals surface area contributed by atoms with Gasteiger partial charge in [0.15, 0.2) is 0 Å². The molecule has 0 atom stereocenters. The zero-order valence-corrected chi connectivity index (χ0v) is 10.2. The molecule has 0 aliphatic heterocycles. The van der Waals surface area contributed by atoms with Gasteiger partial charge in [0.05, 0.1) is 0 Å². The van der Waals surface area contributed by atoms with Crippen LogP contribution >= 0.6 is 0 Å². The molecule has 1 aliphatic carbocycles. The van der Waals surface area contributed by atoms with Crippen LogP contribution in [0.25, 0.3) is 0 Å². The van der Waals surface area contributed by atoms with Crippen LogP contribution in [0.5, 0.6) is 0 Å². The van der Waals surface area contributed by atoms with Gasteiger partial charge in [0, 0.05) is 12.6 Å². The Morgan fingerprint density at radius 3 is 2.38 bits per heavy atom. The topological polar surface area (TPSA) is 58.2 Å². The second-order valence-electron chi connectivity index (χ2n) is 4.82. The summed E-state index contributed by atoms with van der Waals surface area (Å²) in [6.07, 6.45) is 6.17. The van der Waals surface area contributed by atoms with E-state index in [2.05, 4.69) is 10.6 Å². The van der Waals surface area contributed by atoms with E-state index in [0.29, 0.717) is 6.54 Å². The molecule has 0 spiro atoms. The molecule has 0 aromatic heterocycles. The highest BCUT2D eigenvalue weighted by Crippen LogP contribution is 2.26. The molecule has 4 nitrogen and oxygen atoms in total. The third-order valence-electron chi connectivity index (χ3n) is 2.94. The van der Waals surface area contributed by atoms with Crippen LogP contribution in [-0.4, -0.2) is 24.4 Å². The maximum atomic E-state index is 11.3. The van der Waals surface area contributed by atoms with Gasteiger partial charge < -0.3 is 10.6 Å². The van der Waals surface area contributed by atoms with Gasteiger partial charge >= 0.3 is 11.8 Å². The maximum absolute atomic E-state index is 11.3. The van der Waals surface area contributed by atoms with Crippen LogP contribution in [-0.2, 0) is 9.59 Å². The average Bonchev–Trinajstić information content (AvgIpc) is 2.69. The van der Waals surface area contributed by atoms with Crippen LogP contribution in [0.3, 0.4) is 0 Å². The van der Waals surface area contributed by atoms with Gasteiger partial charge in [0.25, 0.3) is 0 Å². The Balaban J connectivity index is 2.11. The van der Waals surface area contributed by atoms with Crippen LogP contribution in [0.15, 0.2) is 0 Å². The number of hydrogen-bond acceptors (Lipinski definition) is 2. The van der Waals surface area contributed by atoms with Crippen molar-refractivity contribution in [2.45, 2.75) is 52.0 Å². The number of nitrogens with one attached hydrogen (secondary N) is 2. The number of hydrogen-bond donors (Lipinski definition) is 2. The van der Waals surface area contributed by atoms with Gasteiger partial charge in [-0.1, -0.05) is 25.7 Å². The van der Waals surface area contributed by atoms with Crippen molar-refractivity contribution in [2.24, 2.45) is 5.92 Å². The molecule has 1 fully saturated rings. The lowest BCUT2D eigenvalue weighted by molar-refractivity contribution is -0.139. The largest absolute Gasteiger partial charge is 0.348 e. The van der Waals surface area contributed by atoms with Crippen LogP contribution < -0.4 is 10.6 Å². The Morgan fingerprint density at radius 2 is 1.81 bits per heavy atom. The van der Waals surface area contributed by atoms with Crippen molar-refractivity contribution in [1.29, 1.82) is 0 Å². The number of carbonyl (C=O) groups excluding carboxylic acids is 2. The van der Waals surface area contributed by atoms with Crippen molar-refractivity contribution in [3.63, 3.8) is 0 Å². The lowest BCUT2D eigenvalue weighted by Gasteiger charge is -2.11. The number of carbonyl (C=O) groups is 2. The van der Waals surface area contributed by atoms with Gasteiger partial charge in [0.1, 0.15) is 0 Å². The Kier molecular flexibility index (Phi) is 5.29. The van der Waals surface area contributed by atoms with Gasteiger partial charge in [-0.25, -0.2) is 0 Å². The van der Waals surface area contributed by atoms with Crippen molar-refractivity contribution in [2.75, 3.05) is 6.54 Å². The quantitative estimate of drug-likeness (QED) is 0.708. The third kappa shape index (κ3) is 4.64. The fraction of sp³-hybridized carbons (Fsp3) is 0.833. The predicted octanol–water partition coefficient (Wildman–Crippen LogP) is 1.21. The summed E-state index contributed by atoms with van der Waals surface area (Å²) in [5, 5.41) is 5.23. The van der Waals surface area contributed by atoms with Crippen molar-refractivity contribution in [3.05, 3.63) is 0 Å². The molecule has 2 N–H and O–H groups in total. The second kappa shape index (κ2) is 6.51. The van der Waals surface area contributed by atoms with E-state index in [-0.39, 0.29) is 6.04 Å². The normalized spacial score (nSPS) is 16.4. The third-order valence-corrected chi connectivity index (χ3v) is 2.94. The molecule has 4 heteroatoms. The smallest absolute Gasteiger partial charge is 0.309 e. The van der Waals surface area contributed by atoms with Gasteiger partial charge in [0.2, 0.25) is 0 Å². The van der Waals surface area contributed by atoms with E-state index in [1.165, 1.54) is 25.7 Å². The summed E-state index contributed by atoms with van der Waals surface area (Å²) in [7, 11) is 0. The molecule has 0 unspecified atom stereocenters. The molecule has 1 rings (SSSR count). The molecule has 0 radical (unpaired) electrons. The Hall–Kier alpha value is -1.06. The summed E-state index contributed by atoms with van der Waals surface area (Å²) in [5.74, 6) is -0.290. The minimum Gasteiger partial charge on any atom is -0.348 e. The maximum Gasteiger partial charge on any atom is 0.309 e. The molecule has 0 aromatic rings. The molecule has 2 amide bonds. The minimum absolute atomic E-state index is 0.00748. The first-order valence-electron chi connectivity index (χ1n) is 6.18. The van der Waals surface area contributed by atoms with E-state index in [1.54, 1.807) is 0 Å². The first-order valence-corrected chi connectivity index (χ1v) is 6.18. The summed E-state index contributed by atoms with van der Waals surface area (Å²) in [5.41, 5.74) is 0. The Morgan fingerprint density at radius 1 is 1.19 bits per heavy atom. The van der Waals surface area contributed by atoms with Crippen molar-refractivity contribution < 1.29 is 9.59 Å². The van der Waals surface area contributed by atoms with E-state index < -0.39 is 11.8 Å². The Bertz CT molecular complexity index is 245. The van der Waals surface area contributed by atoms with Crippen LogP contribution in [0.1, 0.15) is 46.0 Å². The average molecular weight is 226 g/mol. The van der Waals surface area contributed by atoms with E-state index in [9.17, 15) is 9.59 Å². The second-order valence-corrected chi connectivity index (χ2v) is 4.82. The van der Waals surface area contributed by atoms with E-state index in [4.69, 9.17) is 0 Å². The summed E-state index contributed by atoms with van der Waals surface area (Å²) in [6, 6.07) is 0.00748. The number of rotatable bonds is 4. The molecule has 16 heavy (non-hydrogen) atoms. The summed E-state index contributed by atoms with van der Waals surface area (Å²) >= 11 is 0. The van der Waals surface area contributed by atoms with E-state index in [1.807, 2.05) is 13.8 Å². The van der Waals surface area contributed by atoms with Crippen LogP contribution in [0, 0.1) is 5.92 Å². The minimum atomic E-state index is -0.526. The zero-order chi connectivity index (χ0) is 12.0. The molecule has 0 saturated heterocycles. The Labute approximate surface area is 97.2 Å². The zero-order valence-electron chi connectivity index (χ0n) is 10.2. The molecule has 1 saturated carbocycles. The lowest BCUT2D eigenvalue weighted by atomic mass is 10.0. The molecule has 92 valence electrons. The molecular weight excluding hydrogens is 204 g/mol. The van der Waals surface area contributed by atoms with Crippen LogP contribution in [0.4, 0.5) is 0 Å². The monoisotopic (exact) mass is 226 g/mol. The number of amides is 2. The van der Waals surface area contributed by atoms with E-state index in [0.717, 1.165) is 12.3 Å². The summed E-state index contributed by atoms with van der Waals surface area (Å²) in [6.45, 7) is 4.29. The first-order chi connectivity index (χ1) is 7.59. The molecule has 0 heterocycles. The van der Waals surface area contributed by atoms with Crippen molar-refractivity contribution >= 4 is 11.8 Å². The van der Waals surface area contributed by atoms with Crippen molar-refractivity contribution in [3.8, 4) is 0 Å². The standard InChI is InChI=1S/C12H22N2O2/c1-9(2)14-12(16)11(15)13-8-7-10-5-3-4-6-10/h9-10H,3-8H2,1-2H3,(H,13,15)(H,14,16). The molecule has 0 bridgehead atoms. The first kappa shape index (κ1) is 13.0.